The van der Waals surface area contributed by atoms with E-state index in [1.165, 1.54) is 30.4 Å². The molecule has 0 aromatic heterocycles. The number of esters is 1. The van der Waals surface area contributed by atoms with E-state index in [-0.39, 0.29) is 16.9 Å². The molecule has 0 radical (unpaired) electrons. The summed E-state index contributed by atoms with van der Waals surface area (Å²) in [5.74, 6) is -0.383. The molecule has 2 aromatic carbocycles. The molecule has 0 N–H and O–H groups in total. The van der Waals surface area contributed by atoms with Gasteiger partial charge in [-0.2, -0.15) is 9.98 Å². The Labute approximate surface area is 119 Å². The molecule has 0 saturated carbocycles. The molecule has 0 aliphatic carbocycles. The number of ether oxygens (including phenoxy) is 1. The lowest BCUT2D eigenvalue weighted by molar-refractivity contribution is 0.0735. The molecule has 0 heterocycles. The Morgan fingerprint density at radius 2 is 1.62 bits per heavy atom. The molecule has 2 aromatic rings. The number of benzene rings is 2. The van der Waals surface area contributed by atoms with E-state index in [1.807, 2.05) is 0 Å². The molecule has 102 valence electrons. The van der Waals surface area contributed by atoms with Crippen molar-refractivity contribution < 1.29 is 19.1 Å². The molecule has 21 heavy (non-hydrogen) atoms. The fraction of sp³-hybridized carbons (Fsp3) is 0. The van der Waals surface area contributed by atoms with E-state index in [9.17, 15) is 14.4 Å². The summed E-state index contributed by atoms with van der Waals surface area (Å²) in [5.41, 5.74) is -0.0497. The highest BCUT2D eigenvalue weighted by molar-refractivity contribution is 5.99. The third kappa shape index (κ3) is 3.36. The fourth-order valence-corrected chi connectivity index (χ4v) is 1.65. The molecule has 0 bridgehead atoms. The second-order valence-electron chi connectivity index (χ2n) is 3.78. The Bertz CT molecular complexity index is 758. The SMILES string of the molecule is O=C=Nc1cccc(C(=O)Oc2ccccc2)c1N=C=O. The lowest BCUT2D eigenvalue weighted by Gasteiger charge is -2.06. The van der Waals surface area contributed by atoms with Crippen molar-refractivity contribution in [3.8, 4) is 5.75 Å². The molecular formula is C15H8N2O4. The zero-order valence-corrected chi connectivity index (χ0v) is 10.6. The Morgan fingerprint density at radius 1 is 0.905 bits per heavy atom. The van der Waals surface area contributed by atoms with Gasteiger partial charge in [0.05, 0.1) is 5.56 Å². The van der Waals surface area contributed by atoms with Crippen LogP contribution in [0.15, 0.2) is 58.5 Å². The molecule has 6 heteroatoms. The molecule has 0 unspecified atom stereocenters. The van der Waals surface area contributed by atoms with Crippen molar-refractivity contribution in [3.63, 3.8) is 0 Å². The van der Waals surface area contributed by atoms with Crippen molar-refractivity contribution in [1.82, 2.24) is 0 Å². The first-order valence-corrected chi connectivity index (χ1v) is 5.82. The van der Waals surface area contributed by atoms with Crippen LogP contribution in [0.2, 0.25) is 0 Å². The van der Waals surface area contributed by atoms with Crippen LogP contribution in [-0.4, -0.2) is 18.1 Å². The first-order chi connectivity index (χ1) is 10.3. The van der Waals surface area contributed by atoms with Gasteiger partial charge in [0.15, 0.2) is 0 Å². The zero-order valence-electron chi connectivity index (χ0n) is 10.6. The quantitative estimate of drug-likeness (QED) is 0.373. The van der Waals surface area contributed by atoms with Crippen molar-refractivity contribution >= 4 is 29.5 Å². The number of hydrogen-bond acceptors (Lipinski definition) is 6. The van der Waals surface area contributed by atoms with Crippen molar-refractivity contribution in [3.05, 3.63) is 54.1 Å². The number of isocyanates is 2. The number of carbonyl (C=O) groups excluding carboxylic acids is 3. The topological polar surface area (TPSA) is 85.2 Å². The summed E-state index contributed by atoms with van der Waals surface area (Å²) in [6.07, 6.45) is 2.65. The number of hydrogen-bond donors (Lipinski definition) is 0. The Morgan fingerprint density at radius 3 is 2.29 bits per heavy atom. The van der Waals surface area contributed by atoms with Crippen LogP contribution in [0.3, 0.4) is 0 Å². The number of nitrogens with zero attached hydrogens (tertiary/aromatic N) is 2. The highest BCUT2D eigenvalue weighted by Crippen LogP contribution is 2.31. The molecule has 0 aliphatic rings. The lowest BCUT2D eigenvalue weighted by Crippen LogP contribution is -2.08. The maximum Gasteiger partial charge on any atom is 0.345 e. The van der Waals surface area contributed by atoms with Crippen LogP contribution in [0, 0.1) is 0 Å². The van der Waals surface area contributed by atoms with Gasteiger partial charge < -0.3 is 4.74 Å². The van der Waals surface area contributed by atoms with Crippen LogP contribution in [0.5, 0.6) is 5.75 Å². The van der Waals surface area contributed by atoms with E-state index >= 15 is 0 Å². The summed E-state index contributed by atoms with van der Waals surface area (Å²) in [6, 6.07) is 12.7. The lowest BCUT2D eigenvalue weighted by atomic mass is 10.1. The highest BCUT2D eigenvalue weighted by Gasteiger charge is 2.16. The maximum atomic E-state index is 12.1. The molecular weight excluding hydrogens is 272 g/mol. The summed E-state index contributed by atoms with van der Waals surface area (Å²) in [7, 11) is 0. The Hall–Kier alpha value is -3.33. The molecule has 0 fully saturated rings. The molecule has 0 atom stereocenters. The summed E-state index contributed by atoms with van der Waals surface area (Å²) in [5, 5.41) is 0. The van der Waals surface area contributed by atoms with E-state index in [0.29, 0.717) is 5.75 Å². The normalized spacial score (nSPS) is 9.14. The van der Waals surface area contributed by atoms with Gasteiger partial charge in [0, 0.05) is 0 Å². The van der Waals surface area contributed by atoms with Crippen molar-refractivity contribution in [2.45, 2.75) is 0 Å². The summed E-state index contributed by atoms with van der Waals surface area (Å²) in [6.45, 7) is 0. The van der Waals surface area contributed by atoms with E-state index in [0.717, 1.165) is 0 Å². The first kappa shape index (κ1) is 14.1. The molecule has 6 nitrogen and oxygen atoms in total. The second kappa shape index (κ2) is 6.73. The summed E-state index contributed by atoms with van der Waals surface area (Å²) < 4.78 is 5.15. The summed E-state index contributed by atoms with van der Waals surface area (Å²) >= 11 is 0. The Kier molecular flexibility index (Phi) is 4.51. The van der Waals surface area contributed by atoms with Gasteiger partial charge >= 0.3 is 5.97 Å². The second-order valence-corrected chi connectivity index (χ2v) is 3.78. The molecule has 0 aliphatic heterocycles. The van der Waals surface area contributed by atoms with Gasteiger partial charge in [-0.1, -0.05) is 24.3 Å². The smallest absolute Gasteiger partial charge is 0.345 e. The van der Waals surface area contributed by atoms with Crippen LogP contribution in [0.25, 0.3) is 0 Å². The van der Waals surface area contributed by atoms with Gasteiger partial charge in [0.1, 0.15) is 17.1 Å². The van der Waals surface area contributed by atoms with Gasteiger partial charge in [-0.3, -0.25) is 0 Å². The maximum absolute atomic E-state index is 12.1. The first-order valence-electron chi connectivity index (χ1n) is 5.82. The van der Waals surface area contributed by atoms with E-state index < -0.39 is 5.97 Å². The predicted octanol–water partition coefficient (Wildman–Crippen LogP) is 2.84. The minimum atomic E-state index is -0.724. The van der Waals surface area contributed by atoms with Gasteiger partial charge in [0.25, 0.3) is 0 Å². The van der Waals surface area contributed by atoms with E-state index in [4.69, 9.17) is 4.74 Å². The molecule has 0 spiro atoms. The monoisotopic (exact) mass is 280 g/mol. The van der Waals surface area contributed by atoms with Crippen LogP contribution < -0.4 is 4.74 Å². The average Bonchev–Trinajstić information content (AvgIpc) is 2.50. The average molecular weight is 280 g/mol. The fourth-order valence-electron chi connectivity index (χ4n) is 1.65. The molecule has 0 saturated heterocycles. The van der Waals surface area contributed by atoms with Crippen LogP contribution in [0.1, 0.15) is 10.4 Å². The van der Waals surface area contributed by atoms with Crippen molar-refractivity contribution in [2.24, 2.45) is 9.98 Å². The summed E-state index contributed by atoms with van der Waals surface area (Å²) in [4.78, 5) is 39.7. The number of rotatable bonds is 4. The minimum Gasteiger partial charge on any atom is -0.423 e. The van der Waals surface area contributed by atoms with Crippen molar-refractivity contribution in [2.75, 3.05) is 0 Å². The third-order valence-electron chi connectivity index (χ3n) is 2.51. The zero-order chi connectivity index (χ0) is 15.1. The van der Waals surface area contributed by atoms with Crippen LogP contribution >= 0.6 is 0 Å². The van der Waals surface area contributed by atoms with Gasteiger partial charge in [-0.25, -0.2) is 14.4 Å². The minimum absolute atomic E-state index is 0.00120. The van der Waals surface area contributed by atoms with Crippen molar-refractivity contribution in [1.29, 1.82) is 0 Å². The van der Waals surface area contributed by atoms with Gasteiger partial charge in [0.2, 0.25) is 12.2 Å². The number of carbonyl (C=O) groups is 1. The largest absolute Gasteiger partial charge is 0.423 e. The number of para-hydroxylation sites is 2. The van der Waals surface area contributed by atoms with Crippen LogP contribution in [0.4, 0.5) is 11.4 Å². The van der Waals surface area contributed by atoms with E-state index in [2.05, 4.69) is 9.98 Å². The molecule has 0 amide bonds. The van der Waals surface area contributed by atoms with Gasteiger partial charge in [-0.05, 0) is 24.3 Å². The predicted molar refractivity (Wildman–Crippen MR) is 73.4 cm³/mol. The van der Waals surface area contributed by atoms with Crippen LogP contribution in [-0.2, 0) is 9.59 Å². The molecule has 2 rings (SSSR count). The Balaban J connectivity index is 2.43. The third-order valence-corrected chi connectivity index (χ3v) is 2.51. The highest BCUT2D eigenvalue weighted by atomic mass is 16.5. The standard InChI is InChI=1S/C15H8N2O4/c18-9-16-13-8-4-7-12(14(13)17-10-19)15(20)21-11-5-2-1-3-6-11/h1-8H. The van der Waals surface area contributed by atoms with Gasteiger partial charge in [-0.15, -0.1) is 0 Å². The number of aliphatic imine (C=N–C) groups is 2. The van der Waals surface area contributed by atoms with E-state index in [1.54, 1.807) is 30.3 Å².